The fourth-order valence-corrected chi connectivity index (χ4v) is 1.22. The van der Waals surface area contributed by atoms with Crippen molar-refractivity contribution in [3.8, 4) is 0 Å². The van der Waals surface area contributed by atoms with Crippen LogP contribution in [0.5, 0.6) is 0 Å². The van der Waals surface area contributed by atoms with Gasteiger partial charge in [0.25, 0.3) is 0 Å². The second kappa shape index (κ2) is 3.43. The van der Waals surface area contributed by atoms with Crippen molar-refractivity contribution in [1.29, 1.82) is 0 Å². The van der Waals surface area contributed by atoms with Crippen LogP contribution >= 0.6 is 0 Å². The van der Waals surface area contributed by atoms with Gasteiger partial charge in [-0.05, 0) is 25.7 Å². The summed E-state index contributed by atoms with van der Waals surface area (Å²) in [6, 6.07) is 0. The van der Waals surface area contributed by atoms with Crippen LogP contribution < -0.4 is 5.90 Å². The van der Waals surface area contributed by atoms with Crippen molar-refractivity contribution >= 4 is 0 Å². The van der Waals surface area contributed by atoms with Gasteiger partial charge in [0.15, 0.2) is 0 Å². The topological polar surface area (TPSA) is 66.0 Å². The molecule has 0 saturated heterocycles. The summed E-state index contributed by atoms with van der Waals surface area (Å²) in [5, 5.41) is 7.97. The van der Waals surface area contributed by atoms with E-state index in [9.17, 15) is 0 Å². The maximum Gasteiger partial charge on any atom is 0.121 e. The van der Waals surface area contributed by atoms with E-state index in [-0.39, 0.29) is 6.10 Å². The van der Waals surface area contributed by atoms with E-state index >= 15 is 0 Å². The SMILES string of the molecule is CC(ON)c1cn(CC2CC2)nn1. The van der Waals surface area contributed by atoms with Crippen molar-refractivity contribution in [2.45, 2.75) is 32.4 Å². The Hall–Kier alpha value is -0.940. The van der Waals surface area contributed by atoms with E-state index in [1.807, 2.05) is 17.8 Å². The molecule has 2 rings (SSSR count). The molecular formula is C8H14N4O. The van der Waals surface area contributed by atoms with E-state index in [1.54, 1.807) is 0 Å². The summed E-state index contributed by atoms with van der Waals surface area (Å²) in [6.07, 6.45) is 4.36. The van der Waals surface area contributed by atoms with E-state index in [1.165, 1.54) is 12.8 Å². The first kappa shape index (κ1) is 8.65. The van der Waals surface area contributed by atoms with Crippen molar-refractivity contribution < 1.29 is 4.84 Å². The van der Waals surface area contributed by atoms with Gasteiger partial charge < -0.3 is 0 Å². The summed E-state index contributed by atoms with van der Waals surface area (Å²) in [7, 11) is 0. The highest BCUT2D eigenvalue weighted by atomic mass is 16.6. The predicted molar refractivity (Wildman–Crippen MR) is 46.4 cm³/mol. The molecule has 1 fully saturated rings. The van der Waals surface area contributed by atoms with Gasteiger partial charge in [0.2, 0.25) is 0 Å². The van der Waals surface area contributed by atoms with Crippen molar-refractivity contribution in [3.63, 3.8) is 0 Å². The summed E-state index contributed by atoms with van der Waals surface area (Å²) in [5.41, 5.74) is 0.795. The molecule has 1 unspecified atom stereocenters. The predicted octanol–water partition coefficient (Wildman–Crippen LogP) is 0.639. The standard InChI is InChI=1S/C8H14N4O/c1-6(13-9)8-5-12(11-10-8)4-7-2-3-7/h5-7H,2-4,9H2,1H3. The number of nitrogens with zero attached hydrogens (tertiary/aromatic N) is 3. The lowest BCUT2D eigenvalue weighted by Gasteiger charge is -2.01. The number of hydrogen-bond donors (Lipinski definition) is 1. The van der Waals surface area contributed by atoms with E-state index in [0.29, 0.717) is 0 Å². The second-order valence-corrected chi connectivity index (χ2v) is 3.59. The van der Waals surface area contributed by atoms with Crippen molar-refractivity contribution in [2.75, 3.05) is 0 Å². The van der Waals surface area contributed by atoms with Crippen LogP contribution in [0.15, 0.2) is 6.20 Å². The van der Waals surface area contributed by atoms with Crippen LogP contribution in [0.1, 0.15) is 31.6 Å². The molecule has 5 heteroatoms. The minimum absolute atomic E-state index is 0.173. The maximum absolute atomic E-state index is 5.05. The molecule has 0 spiro atoms. The Morgan fingerprint density at radius 1 is 1.77 bits per heavy atom. The zero-order chi connectivity index (χ0) is 9.26. The first-order valence-corrected chi connectivity index (χ1v) is 4.55. The molecular weight excluding hydrogens is 168 g/mol. The Morgan fingerprint density at radius 3 is 3.15 bits per heavy atom. The second-order valence-electron chi connectivity index (χ2n) is 3.59. The fourth-order valence-electron chi connectivity index (χ4n) is 1.22. The lowest BCUT2D eigenvalue weighted by Crippen LogP contribution is -2.05. The lowest BCUT2D eigenvalue weighted by molar-refractivity contribution is 0.0633. The summed E-state index contributed by atoms with van der Waals surface area (Å²) in [5.74, 6) is 5.86. The Morgan fingerprint density at radius 2 is 2.54 bits per heavy atom. The van der Waals surface area contributed by atoms with Crippen molar-refractivity contribution in [2.24, 2.45) is 11.8 Å². The normalized spacial score (nSPS) is 18.9. The van der Waals surface area contributed by atoms with Gasteiger partial charge in [0.1, 0.15) is 11.8 Å². The van der Waals surface area contributed by atoms with Crippen LogP contribution in [-0.2, 0) is 11.4 Å². The molecule has 0 amide bonds. The van der Waals surface area contributed by atoms with Crippen LogP contribution in [-0.4, -0.2) is 15.0 Å². The highest BCUT2D eigenvalue weighted by Crippen LogP contribution is 2.30. The Labute approximate surface area is 76.8 Å². The van der Waals surface area contributed by atoms with Gasteiger partial charge >= 0.3 is 0 Å². The Balaban J connectivity index is 1.99. The van der Waals surface area contributed by atoms with Crippen LogP contribution in [0.2, 0.25) is 0 Å². The number of nitrogens with two attached hydrogens (primary N) is 1. The average Bonchev–Trinajstić information content (AvgIpc) is 2.81. The average molecular weight is 182 g/mol. The molecule has 2 N–H and O–H groups in total. The van der Waals surface area contributed by atoms with Gasteiger partial charge in [-0.3, -0.25) is 9.52 Å². The van der Waals surface area contributed by atoms with E-state index in [0.717, 1.165) is 18.2 Å². The summed E-state index contributed by atoms with van der Waals surface area (Å²) in [6.45, 7) is 2.83. The van der Waals surface area contributed by atoms with Gasteiger partial charge in [-0.2, -0.15) is 0 Å². The molecule has 1 heterocycles. The maximum atomic E-state index is 5.05. The quantitative estimate of drug-likeness (QED) is 0.694. The van der Waals surface area contributed by atoms with E-state index < -0.39 is 0 Å². The minimum atomic E-state index is -0.173. The molecule has 0 bridgehead atoms. The van der Waals surface area contributed by atoms with Gasteiger partial charge in [-0.15, -0.1) is 5.10 Å². The van der Waals surface area contributed by atoms with E-state index in [4.69, 9.17) is 5.90 Å². The number of hydrogen-bond acceptors (Lipinski definition) is 4. The molecule has 1 aliphatic rings. The fraction of sp³-hybridized carbons (Fsp3) is 0.750. The zero-order valence-electron chi connectivity index (χ0n) is 7.68. The van der Waals surface area contributed by atoms with Crippen molar-refractivity contribution in [3.05, 3.63) is 11.9 Å². The molecule has 1 atom stereocenters. The third kappa shape index (κ3) is 2.05. The highest BCUT2D eigenvalue weighted by molar-refractivity contribution is 4.96. The minimum Gasteiger partial charge on any atom is -0.295 e. The molecule has 1 aromatic rings. The summed E-state index contributed by atoms with van der Waals surface area (Å²) in [4.78, 5) is 4.65. The van der Waals surface area contributed by atoms with Gasteiger partial charge in [0.05, 0.1) is 6.20 Å². The molecule has 0 aromatic carbocycles. The highest BCUT2D eigenvalue weighted by Gasteiger charge is 2.22. The molecule has 5 nitrogen and oxygen atoms in total. The molecule has 1 aromatic heterocycles. The Bertz CT molecular complexity index is 281. The lowest BCUT2D eigenvalue weighted by atomic mass is 10.3. The third-order valence-corrected chi connectivity index (χ3v) is 2.32. The largest absolute Gasteiger partial charge is 0.295 e. The smallest absolute Gasteiger partial charge is 0.121 e. The Kier molecular flexibility index (Phi) is 2.28. The molecule has 0 radical (unpaired) electrons. The molecule has 1 saturated carbocycles. The van der Waals surface area contributed by atoms with Crippen LogP contribution in [0.25, 0.3) is 0 Å². The first-order valence-electron chi connectivity index (χ1n) is 4.55. The summed E-state index contributed by atoms with van der Waals surface area (Å²) >= 11 is 0. The van der Waals surface area contributed by atoms with Crippen LogP contribution in [0, 0.1) is 5.92 Å². The van der Waals surface area contributed by atoms with Gasteiger partial charge in [0, 0.05) is 6.54 Å². The van der Waals surface area contributed by atoms with Crippen LogP contribution in [0.3, 0.4) is 0 Å². The molecule has 13 heavy (non-hydrogen) atoms. The van der Waals surface area contributed by atoms with Crippen molar-refractivity contribution in [1.82, 2.24) is 15.0 Å². The zero-order valence-corrected chi connectivity index (χ0v) is 7.68. The molecule has 72 valence electrons. The van der Waals surface area contributed by atoms with Gasteiger partial charge in [-0.1, -0.05) is 5.21 Å². The van der Waals surface area contributed by atoms with Gasteiger partial charge in [-0.25, -0.2) is 5.90 Å². The first-order chi connectivity index (χ1) is 6.29. The number of rotatable bonds is 4. The monoisotopic (exact) mass is 182 g/mol. The number of aromatic nitrogens is 3. The third-order valence-electron chi connectivity index (χ3n) is 2.32. The molecule has 1 aliphatic carbocycles. The summed E-state index contributed by atoms with van der Waals surface area (Å²) < 4.78 is 1.86. The molecule has 0 aliphatic heterocycles. The van der Waals surface area contributed by atoms with E-state index in [2.05, 4.69) is 15.1 Å². The van der Waals surface area contributed by atoms with Crippen LogP contribution in [0.4, 0.5) is 0 Å².